The summed E-state index contributed by atoms with van der Waals surface area (Å²) in [6.45, 7) is 5.55. The van der Waals surface area contributed by atoms with E-state index in [9.17, 15) is 9.59 Å². The fourth-order valence-electron chi connectivity index (χ4n) is 1.77. The number of aryl methyl sites for hydroxylation is 1. The zero-order valence-corrected chi connectivity index (χ0v) is 13.7. The molecule has 2 rings (SSSR count). The number of nitrogens with zero attached hydrogens (tertiary/aromatic N) is 3. The maximum absolute atomic E-state index is 12.1. The summed E-state index contributed by atoms with van der Waals surface area (Å²) < 4.78 is 0. The SMILES string of the molecule is Cc1cccnc1C(=O)NNC(=O)c1nc(C(C)C)ncc1Cl. The van der Waals surface area contributed by atoms with Crippen LogP contribution in [-0.4, -0.2) is 26.8 Å². The zero-order chi connectivity index (χ0) is 17.0. The molecule has 0 aromatic carbocycles. The molecule has 0 radical (unpaired) electrons. The van der Waals surface area contributed by atoms with Gasteiger partial charge < -0.3 is 0 Å². The van der Waals surface area contributed by atoms with Gasteiger partial charge in [-0.2, -0.15) is 0 Å². The number of halogens is 1. The van der Waals surface area contributed by atoms with Gasteiger partial charge in [0.1, 0.15) is 11.5 Å². The molecule has 0 aliphatic carbocycles. The van der Waals surface area contributed by atoms with Crippen LogP contribution < -0.4 is 10.9 Å². The number of carbonyl (C=O) groups excluding carboxylic acids is 2. The first-order valence-corrected chi connectivity index (χ1v) is 7.32. The minimum absolute atomic E-state index is 0.00316. The normalized spacial score (nSPS) is 10.5. The minimum Gasteiger partial charge on any atom is -0.266 e. The van der Waals surface area contributed by atoms with Crippen molar-refractivity contribution >= 4 is 23.4 Å². The summed E-state index contributed by atoms with van der Waals surface area (Å²) in [4.78, 5) is 36.3. The van der Waals surface area contributed by atoms with Crippen LogP contribution in [0.5, 0.6) is 0 Å². The molecular weight excluding hydrogens is 318 g/mol. The highest BCUT2D eigenvalue weighted by molar-refractivity contribution is 6.33. The molecule has 2 amide bonds. The number of aromatic nitrogens is 3. The number of rotatable bonds is 3. The Hall–Kier alpha value is -2.54. The van der Waals surface area contributed by atoms with Gasteiger partial charge in [-0.3, -0.25) is 25.4 Å². The van der Waals surface area contributed by atoms with Crippen molar-refractivity contribution in [3.8, 4) is 0 Å². The lowest BCUT2D eigenvalue weighted by atomic mass is 10.2. The second-order valence-corrected chi connectivity index (χ2v) is 5.56. The summed E-state index contributed by atoms with van der Waals surface area (Å²) in [5.74, 6) is -0.608. The van der Waals surface area contributed by atoms with Crippen molar-refractivity contribution in [1.82, 2.24) is 25.8 Å². The predicted molar refractivity (Wildman–Crippen MR) is 85.0 cm³/mol. The molecule has 0 aliphatic heterocycles. The first kappa shape index (κ1) is 16.8. The number of amides is 2. The molecule has 2 heterocycles. The van der Waals surface area contributed by atoms with Gasteiger partial charge >= 0.3 is 0 Å². The van der Waals surface area contributed by atoms with Crippen molar-refractivity contribution in [1.29, 1.82) is 0 Å². The minimum atomic E-state index is -0.624. The Morgan fingerprint density at radius 2 is 1.78 bits per heavy atom. The highest BCUT2D eigenvalue weighted by atomic mass is 35.5. The Labute approximate surface area is 138 Å². The fraction of sp³-hybridized carbons (Fsp3) is 0.267. The molecule has 0 atom stereocenters. The summed E-state index contributed by atoms with van der Waals surface area (Å²) >= 11 is 5.94. The summed E-state index contributed by atoms with van der Waals surface area (Å²) in [7, 11) is 0. The Morgan fingerprint density at radius 1 is 1.13 bits per heavy atom. The molecule has 2 N–H and O–H groups in total. The largest absolute Gasteiger partial charge is 0.289 e. The second kappa shape index (κ2) is 7.15. The van der Waals surface area contributed by atoms with E-state index in [2.05, 4.69) is 25.8 Å². The second-order valence-electron chi connectivity index (χ2n) is 5.16. The van der Waals surface area contributed by atoms with Crippen LogP contribution in [0.2, 0.25) is 5.02 Å². The van der Waals surface area contributed by atoms with E-state index < -0.39 is 11.8 Å². The molecule has 0 fully saturated rings. The van der Waals surface area contributed by atoms with Crippen LogP contribution in [0.3, 0.4) is 0 Å². The molecule has 7 nitrogen and oxygen atoms in total. The number of hydrogen-bond acceptors (Lipinski definition) is 5. The van der Waals surface area contributed by atoms with Gasteiger partial charge in [0.25, 0.3) is 11.8 Å². The molecule has 2 aromatic rings. The Bertz CT molecular complexity index is 748. The first-order chi connectivity index (χ1) is 10.9. The van der Waals surface area contributed by atoms with Crippen LogP contribution >= 0.6 is 11.6 Å². The number of nitrogens with one attached hydrogen (secondary N) is 2. The average Bonchev–Trinajstić information content (AvgIpc) is 2.53. The monoisotopic (exact) mass is 333 g/mol. The number of carbonyl (C=O) groups is 2. The zero-order valence-electron chi connectivity index (χ0n) is 12.9. The molecule has 0 saturated carbocycles. The van der Waals surface area contributed by atoms with Crippen molar-refractivity contribution in [2.75, 3.05) is 0 Å². The van der Waals surface area contributed by atoms with Gasteiger partial charge in [0.2, 0.25) is 0 Å². The maximum atomic E-state index is 12.1. The number of pyridine rings is 1. The molecule has 120 valence electrons. The lowest BCUT2D eigenvalue weighted by Crippen LogP contribution is -2.42. The number of hydrogen-bond donors (Lipinski definition) is 2. The van der Waals surface area contributed by atoms with Gasteiger partial charge in [-0.15, -0.1) is 0 Å². The van der Waals surface area contributed by atoms with E-state index in [-0.39, 0.29) is 22.3 Å². The van der Waals surface area contributed by atoms with Crippen LogP contribution in [0.4, 0.5) is 0 Å². The molecule has 0 spiro atoms. The molecule has 0 bridgehead atoms. The molecule has 0 aliphatic rings. The molecule has 0 unspecified atom stereocenters. The molecular formula is C15H16ClN5O2. The van der Waals surface area contributed by atoms with Gasteiger partial charge in [-0.25, -0.2) is 9.97 Å². The van der Waals surface area contributed by atoms with Gasteiger partial charge in [0.15, 0.2) is 5.69 Å². The van der Waals surface area contributed by atoms with Gasteiger partial charge in [0.05, 0.1) is 11.2 Å². The van der Waals surface area contributed by atoms with Crippen molar-refractivity contribution in [3.63, 3.8) is 0 Å². The van der Waals surface area contributed by atoms with E-state index in [4.69, 9.17) is 11.6 Å². The standard InChI is InChI=1S/C15H16ClN5O2/c1-8(2)13-18-7-10(16)12(19-13)15(23)21-20-14(22)11-9(3)5-4-6-17-11/h4-8H,1-3H3,(H,20,22)(H,21,23). The summed E-state index contributed by atoms with van der Waals surface area (Å²) in [6.07, 6.45) is 2.86. The Morgan fingerprint density at radius 3 is 2.39 bits per heavy atom. The van der Waals surface area contributed by atoms with E-state index in [1.54, 1.807) is 19.1 Å². The van der Waals surface area contributed by atoms with E-state index in [1.807, 2.05) is 13.8 Å². The topological polar surface area (TPSA) is 96.9 Å². The van der Waals surface area contributed by atoms with E-state index >= 15 is 0 Å². The van der Waals surface area contributed by atoms with Gasteiger partial charge in [-0.05, 0) is 18.6 Å². The summed E-state index contributed by atoms with van der Waals surface area (Å²) in [6, 6.07) is 3.47. The third-order valence-electron chi connectivity index (χ3n) is 3.01. The summed E-state index contributed by atoms with van der Waals surface area (Å²) in [5.41, 5.74) is 5.50. The predicted octanol–water partition coefficient (Wildman–Crippen LogP) is 2.03. The maximum Gasteiger partial charge on any atom is 0.289 e. The smallest absolute Gasteiger partial charge is 0.266 e. The average molecular weight is 334 g/mol. The Balaban J connectivity index is 2.10. The van der Waals surface area contributed by atoms with Crippen LogP contribution in [0.15, 0.2) is 24.5 Å². The molecule has 2 aromatic heterocycles. The lowest BCUT2D eigenvalue weighted by Gasteiger charge is -2.10. The van der Waals surface area contributed by atoms with Gasteiger partial charge in [-0.1, -0.05) is 31.5 Å². The van der Waals surface area contributed by atoms with Crippen molar-refractivity contribution in [3.05, 3.63) is 52.3 Å². The number of hydrazine groups is 1. The van der Waals surface area contributed by atoms with Crippen molar-refractivity contribution < 1.29 is 9.59 Å². The van der Waals surface area contributed by atoms with Crippen LogP contribution in [0.1, 0.15) is 52.1 Å². The van der Waals surface area contributed by atoms with Crippen molar-refractivity contribution in [2.24, 2.45) is 0 Å². The fourth-order valence-corrected chi connectivity index (χ4v) is 1.95. The summed E-state index contributed by atoms with van der Waals surface area (Å²) in [5, 5.41) is 0.107. The quantitative estimate of drug-likeness (QED) is 0.838. The highest BCUT2D eigenvalue weighted by Crippen LogP contribution is 2.16. The highest BCUT2D eigenvalue weighted by Gasteiger charge is 2.17. The third-order valence-corrected chi connectivity index (χ3v) is 3.28. The lowest BCUT2D eigenvalue weighted by molar-refractivity contribution is 0.0840. The van der Waals surface area contributed by atoms with Crippen LogP contribution in [0.25, 0.3) is 0 Å². The molecule has 8 heteroatoms. The van der Waals surface area contributed by atoms with Crippen LogP contribution in [-0.2, 0) is 0 Å². The Kier molecular flexibility index (Phi) is 5.23. The van der Waals surface area contributed by atoms with E-state index in [0.29, 0.717) is 11.4 Å². The van der Waals surface area contributed by atoms with Crippen LogP contribution in [0, 0.1) is 6.92 Å². The molecule has 0 saturated heterocycles. The third kappa shape index (κ3) is 4.01. The van der Waals surface area contributed by atoms with E-state index in [1.165, 1.54) is 12.4 Å². The van der Waals surface area contributed by atoms with Gasteiger partial charge in [0, 0.05) is 12.1 Å². The van der Waals surface area contributed by atoms with Crippen molar-refractivity contribution in [2.45, 2.75) is 26.7 Å². The first-order valence-electron chi connectivity index (χ1n) is 6.95. The van der Waals surface area contributed by atoms with E-state index in [0.717, 1.165) is 0 Å². The molecule has 23 heavy (non-hydrogen) atoms.